The van der Waals surface area contributed by atoms with Crippen LogP contribution in [-0.4, -0.2) is 40.3 Å². The van der Waals surface area contributed by atoms with Gasteiger partial charge < -0.3 is 20.3 Å². The monoisotopic (exact) mass is 300 g/mol. The van der Waals surface area contributed by atoms with Crippen molar-refractivity contribution in [1.82, 2.24) is 20.2 Å². The summed E-state index contributed by atoms with van der Waals surface area (Å²) in [6, 6.07) is 8.52. The maximum atomic E-state index is 10.3. The lowest BCUT2D eigenvalue weighted by atomic mass is 10.0. The fraction of sp³-hybridized carbons (Fsp3) is 0.471. The summed E-state index contributed by atoms with van der Waals surface area (Å²) in [5.41, 5.74) is 2.01. The highest BCUT2D eigenvalue weighted by Crippen LogP contribution is 2.20. The molecule has 5 heteroatoms. The van der Waals surface area contributed by atoms with Gasteiger partial charge in [-0.15, -0.1) is 0 Å². The molecule has 3 rings (SSSR count). The standard InChI is InChI=1S/C17H24N4O/c1-21-11-10-19-17(21)14-4-2-13(3-5-14)16(22)12-20-15-6-8-18-9-7-15/h2-5,10-11,15-16,18,20,22H,6-9,12H2,1H3. The minimum Gasteiger partial charge on any atom is -0.387 e. The second-order valence-corrected chi connectivity index (χ2v) is 5.93. The van der Waals surface area contributed by atoms with Crippen molar-refractivity contribution in [2.75, 3.05) is 19.6 Å². The van der Waals surface area contributed by atoms with E-state index in [1.807, 2.05) is 42.1 Å². The molecule has 1 aliphatic heterocycles. The lowest BCUT2D eigenvalue weighted by Gasteiger charge is -2.25. The predicted octanol–water partition coefficient (Wildman–Crippen LogP) is 1.46. The Morgan fingerprint density at radius 1 is 1.32 bits per heavy atom. The van der Waals surface area contributed by atoms with E-state index in [-0.39, 0.29) is 0 Å². The topological polar surface area (TPSA) is 62.1 Å². The molecule has 0 radical (unpaired) electrons. The number of aromatic nitrogens is 2. The van der Waals surface area contributed by atoms with E-state index in [9.17, 15) is 5.11 Å². The lowest BCUT2D eigenvalue weighted by molar-refractivity contribution is 0.166. The van der Waals surface area contributed by atoms with Crippen LogP contribution in [0.3, 0.4) is 0 Å². The first-order valence-corrected chi connectivity index (χ1v) is 7.94. The number of benzene rings is 1. The van der Waals surface area contributed by atoms with Crippen molar-refractivity contribution in [1.29, 1.82) is 0 Å². The molecule has 5 nitrogen and oxygen atoms in total. The van der Waals surface area contributed by atoms with Crippen LogP contribution >= 0.6 is 0 Å². The van der Waals surface area contributed by atoms with Crippen molar-refractivity contribution < 1.29 is 5.11 Å². The number of piperidine rings is 1. The molecule has 0 bridgehead atoms. The van der Waals surface area contributed by atoms with Crippen LogP contribution in [0.5, 0.6) is 0 Å². The summed E-state index contributed by atoms with van der Waals surface area (Å²) in [5, 5.41) is 17.1. The Morgan fingerprint density at radius 3 is 2.68 bits per heavy atom. The number of hydrogen-bond acceptors (Lipinski definition) is 4. The van der Waals surface area contributed by atoms with Crippen LogP contribution in [-0.2, 0) is 7.05 Å². The number of aliphatic hydroxyl groups is 1. The number of rotatable bonds is 5. The van der Waals surface area contributed by atoms with E-state index in [4.69, 9.17) is 0 Å². The fourth-order valence-corrected chi connectivity index (χ4v) is 2.92. The molecule has 2 heterocycles. The first-order chi connectivity index (χ1) is 10.7. The Bertz CT molecular complexity index is 587. The van der Waals surface area contributed by atoms with Crippen molar-refractivity contribution in [3.63, 3.8) is 0 Å². The summed E-state index contributed by atoms with van der Waals surface area (Å²) < 4.78 is 1.99. The normalized spacial score (nSPS) is 17.5. The molecule has 1 aliphatic rings. The van der Waals surface area contributed by atoms with Crippen LogP contribution < -0.4 is 10.6 Å². The second-order valence-electron chi connectivity index (χ2n) is 5.93. The average molecular weight is 300 g/mol. The van der Waals surface area contributed by atoms with E-state index in [1.54, 1.807) is 6.20 Å². The van der Waals surface area contributed by atoms with Gasteiger partial charge in [0.05, 0.1) is 6.10 Å². The SMILES string of the molecule is Cn1ccnc1-c1ccc(C(O)CNC2CCNCC2)cc1. The van der Waals surface area contributed by atoms with Crippen LogP contribution in [0.2, 0.25) is 0 Å². The minimum atomic E-state index is -0.467. The first kappa shape index (κ1) is 15.2. The Balaban J connectivity index is 1.58. The van der Waals surface area contributed by atoms with Crippen LogP contribution in [0, 0.1) is 0 Å². The third-order valence-electron chi connectivity index (χ3n) is 4.31. The van der Waals surface area contributed by atoms with Crippen LogP contribution in [0.4, 0.5) is 0 Å². The lowest BCUT2D eigenvalue weighted by Crippen LogP contribution is -2.41. The number of hydrogen-bond donors (Lipinski definition) is 3. The molecule has 1 atom stereocenters. The van der Waals surface area contributed by atoms with Gasteiger partial charge in [0.1, 0.15) is 5.82 Å². The van der Waals surface area contributed by atoms with Crippen LogP contribution in [0.25, 0.3) is 11.4 Å². The van der Waals surface area contributed by atoms with E-state index < -0.39 is 6.10 Å². The van der Waals surface area contributed by atoms with Gasteiger partial charge in [-0.25, -0.2) is 4.98 Å². The maximum absolute atomic E-state index is 10.3. The predicted molar refractivity (Wildman–Crippen MR) is 87.5 cm³/mol. The maximum Gasteiger partial charge on any atom is 0.139 e. The summed E-state index contributed by atoms with van der Waals surface area (Å²) in [4.78, 5) is 4.34. The van der Waals surface area contributed by atoms with Gasteiger partial charge in [-0.05, 0) is 31.5 Å². The molecule has 3 N–H and O–H groups in total. The molecule has 22 heavy (non-hydrogen) atoms. The zero-order chi connectivity index (χ0) is 15.4. The van der Waals surface area contributed by atoms with Gasteiger partial charge in [0.15, 0.2) is 0 Å². The highest BCUT2D eigenvalue weighted by atomic mass is 16.3. The Morgan fingerprint density at radius 2 is 2.05 bits per heavy atom. The number of aliphatic hydroxyl groups excluding tert-OH is 1. The summed E-state index contributed by atoms with van der Waals surface area (Å²) in [6.45, 7) is 2.73. The van der Waals surface area contributed by atoms with Gasteiger partial charge in [0.25, 0.3) is 0 Å². The van der Waals surface area contributed by atoms with Crippen molar-refractivity contribution in [3.8, 4) is 11.4 Å². The molecule has 1 unspecified atom stereocenters. The molecule has 2 aromatic rings. The Kier molecular flexibility index (Phi) is 4.87. The van der Waals surface area contributed by atoms with Gasteiger partial charge in [-0.2, -0.15) is 0 Å². The number of aryl methyl sites for hydroxylation is 1. The summed E-state index contributed by atoms with van der Waals surface area (Å²) >= 11 is 0. The molecular formula is C17H24N4O. The van der Waals surface area contributed by atoms with Gasteiger partial charge in [0, 0.05) is 37.6 Å². The summed E-state index contributed by atoms with van der Waals surface area (Å²) in [5.74, 6) is 0.939. The molecule has 0 aliphatic carbocycles. The van der Waals surface area contributed by atoms with Crippen LogP contribution in [0.1, 0.15) is 24.5 Å². The quantitative estimate of drug-likeness (QED) is 0.782. The molecule has 1 aromatic heterocycles. The molecule has 1 aromatic carbocycles. The van der Waals surface area contributed by atoms with Gasteiger partial charge in [-0.1, -0.05) is 24.3 Å². The molecule has 1 fully saturated rings. The van der Waals surface area contributed by atoms with Gasteiger partial charge in [0.2, 0.25) is 0 Å². The minimum absolute atomic E-state index is 0.467. The zero-order valence-corrected chi connectivity index (χ0v) is 13.0. The highest BCUT2D eigenvalue weighted by Gasteiger charge is 2.15. The fourth-order valence-electron chi connectivity index (χ4n) is 2.92. The molecular weight excluding hydrogens is 276 g/mol. The number of nitrogens with zero attached hydrogens (tertiary/aromatic N) is 2. The summed E-state index contributed by atoms with van der Waals surface area (Å²) in [6.07, 6.45) is 5.52. The van der Waals surface area contributed by atoms with Crippen molar-refractivity contribution >= 4 is 0 Å². The molecule has 1 saturated heterocycles. The third kappa shape index (κ3) is 3.55. The molecule has 118 valence electrons. The van der Waals surface area contributed by atoms with Crippen molar-refractivity contribution in [2.45, 2.75) is 25.0 Å². The first-order valence-electron chi connectivity index (χ1n) is 7.94. The smallest absolute Gasteiger partial charge is 0.139 e. The van der Waals surface area contributed by atoms with Crippen molar-refractivity contribution in [3.05, 3.63) is 42.2 Å². The van der Waals surface area contributed by atoms with E-state index in [2.05, 4.69) is 15.6 Å². The molecule has 0 amide bonds. The zero-order valence-electron chi connectivity index (χ0n) is 13.0. The largest absolute Gasteiger partial charge is 0.387 e. The van der Waals surface area contributed by atoms with Gasteiger partial charge in [-0.3, -0.25) is 0 Å². The van der Waals surface area contributed by atoms with E-state index in [0.29, 0.717) is 12.6 Å². The van der Waals surface area contributed by atoms with E-state index >= 15 is 0 Å². The Labute approximate surface area is 131 Å². The van der Waals surface area contributed by atoms with Gasteiger partial charge >= 0.3 is 0 Å². The van der Waals surface area contributed by atoms with Crippen molar-refractivity contribution in [2.24, 2.45) is 7.05 Å². The van der Waals surface area contributed by atoms with Crippen LogP contribution in [0.15, 0.2) is 36.7 Å². The average Bonchev–Trinajstić information content (AvgIpc) is 3.00. The Hall–Kier alpha value is -1.69. The molecule has 0 saturated carbocycles. The van der Waals surface area contributed by atoms with E-state index in [0.717, 1.165) is 42.9 Å². The summed E-state index contributed by atoms with van der Waals surface area (Å²) in [7, 11) is 1.98. The molecule has 0 spiro atoms. The highest BCUT2D eigenvalue weighted by molar-refractivity contribution is 5.56. The number of nitrogens with one attached hydrogen (secondary N) is 2. The third-order valence-corrected chi connectivity index (χ3v) is 4.31. The van der Waals surface area contributed by atoms with E-state index in [1.165, 1.54) is 0 Å². The number of imidazole rings is 1. The second kappa shape index (κ2) is 7.05.